The highest BCUT2D eigenvalue weighted by Crippen LogP contribution is 2.15. The van der Waals surface area contributed by atoms with E-state index in [1.54, 1.807) is 0 Å². The molecule has 0 aromatic rings. The molecule has 8 nitrogen and oxygen atoms in total. The summed E-state index contributed by atoms with van der Waals surface area (Å²) in [5.74, 6) is -1.19. The van der Waals surface area contributed by atoms with Gasteiger partial charge in [-0.2, -0.15) is 0 Å². The third kappa shape index (κ3) is 13.9. The lowest BCUT2D eigenvalue weighted by molar-refractivity contribution is -0.136. The molecular weight excluding hydrogens is 410 g/mol. The fourth-order valence-electron chi connectivity index (χ4n) is 3.74. The molecule has 0 aromatic carbocycles. The van der Waals surface area contributed by atoms with Gasteiger partial charge in [0.05, 0.1) is 13.1 Å². The highest BCUT2D eigenvalue weighted by molar-refractivity contribution is 5.89. The molecule has 32 heavy (non-hydrogen) atoms. The number of ketones is 2. The Balaban J connectivity index is 4.15. The van der Waals surface area contributed by atoms with Gasteiger partial charge in [-0.1, -0.05) is 39.5 Å². The van der Waals surface area contributed by atoms with E-state index in [9.17, 15) is 24.0 Å². The number of nitrogens with zero attached hydrogens (tertiary/aromatic N) is 1. The predicted molar refractivity (Wildman–Crippen MR) is 124 cm³/mol. The van der Waals surface area contributed by atoms with E-state index < -0.39 is 0 Å². The molecule has 0 radical (unpaired) electrons. The van der Waals surface area contributed by atoms with E-state index in [0.29, 0.717) is 25.7 Å². The molecule has 2 atom stereocenters. The lowest BCUT2D eigenvalue weighted by atomic mass is 9.97. The Morgan fingerprint density at radius 1 is 0.656 bits per heavy atom. The third-order valence-corrected chi connectivity index (χ3v) is 5.99. The topological polar surface area (TPSA) is 141 Å². The Morgan fingerprint density at radius 3 is 1.31 bits per heavy atom. The average Bonchev–Trinajstić information content (AvgIpc) is 2.72. The van der Waals surface area contributed by atoms with Crippen LogP contribution in [0.25, 0.3) is 0 Å². The molecule has 0 saturated carbocycles. The standard InChI is InChI=1S/C24H43N3O5/c1-4-19(23(25)31)12-8-6-10-14-21(29)16-27(18(3)28)17-22(30)15-11-7-9-13-20(5-2)24(26)32/h19-20H,4-17H2,1-3H3,(H2,25,31)(H2,26,32)/t19-,20-/m0/s1. The number of carbonyl (C=O) groups excluding carboxylic acids is 5. The zero-order valence-corrected chi connectivity index (χ0v) is 20.2. The Labute approximate surface area is 192 Å². The number of hydrogen-bond donors (Lipinski definition) is 2. The van der Waals surface area contributed by atoms with Crippen molar-refractivity contribution in [3.8, 4) is 0 Å². The number of hydrogen-bond acceptors (Lipinski definition) is 5. The van der Waals surface area contributed by atoms with E-state index in [2.05, 4.69) is 0 Å². The molecule has 0 fully saturated rings. The van der Waals surface area contributed by atoms with E-state index in [4.69, 9.17) is 11.5 Å². The van der Waals surface area contributed by atoms with Crippen molar-refractivity contribution >= 4 is 29.3 Å². The van der Waals surface area contributed by atoms with Gasteiger partial charge in [0.1, 0.15) is 0 Å². The first kappa shape index (κ1) is 29.8. The van der Waals surface area contributed by atoms with E-state index in [-0.39, 0.29) is 54.2 Å². The van der Waals surface area contributed by atoms with Crippen molar-refractivity contribution in [3.63, 3.8) is 0 Å². The molecular formula is C24H43N3O5. The summed E-state index contributed by atoms with van der Waals surface area (Å²) in [7, 11) is 0. The number of Topliss-reactive ketones (excluding diaryl/α,β-unsaturated/α-hetero) is 2. The van der Waals surface area contributed by atoms with Gasteiger partial charge in [-0.3, -0.25) is 24.0 Å². The summed E-state index contributed by atoms with van der Waals surface area (Å²) in [6, 6.07) is 0. The van der Waals surface area contributed by atoms with Crippen molar-refractivity contribution in [1.82, 2.24) is 4.90 Å². The Morgan fingerprint density at radius 2 is 1.03 bits per heavy atom. The predicted octanol–water partition coefficient (Wildman–Crippen LogP) is 2.90. The lowest BCUT2D eigenvalue weighted by Gasteiger charge is -2.19. The minimum absolute atomic E-state index is 0.0449. The van der Waals surface area contributed by atoms with Crippen LogP contribution in [0.3, 0.4) is 0 Å². The van der Waals surface area contributed by atoms with Gasteiger partial charge in [-0.25, -0.2) is 0 Å². The normalized spacial score (nSPS) is 12.7. The fraction of sp³-hybridized carbons (Fsp3) is 0.792. The van der Waals surface area contributed by atoms with Crippen LogP contribution in [0.4, 0.5) is 0 Å². The van der Waals surface area contributed by atoms with Gasteiger partial charge in [0.25, 0.3) is 0 Å². The maximum Gasteiger partial charge on any atom is 0.220 e. The molecule has 0 saturated heterocycles. The van der Waals surface area contributed by atoms with Gasteiger partial charge >= 0.3 is 0 Å². The van der Waals surface area contributed by atoms with Gasteiger partial charge in [0.2, 0.25) is 17.7 Å². The SMILES string of the molecule is CC[C@@H](CCCCCC(=O)CN(CC(=O)CCCCC[C@H](CC)C(N)=O)C(C)=O)C(N)=O. The maximum atomic E-state index is 12.2. The van der Waals surface area contributed by atoms with Crippen LogP contribution < -0.4 is 11.5 Å². The Hall–Kier alpha value is -2.25. The van der Waals surface area contributed by atoms with Crippen molar-refractivity contribution < 1.29 is 24.0 Å². The van der Waals surface area contributed by atoms with Crippen LogP contribution in [0.1, 0.15) is 97.8 Å². The molecule has 3 amide bonds. The molecule has 0 aliphatic heterocycles. The summed E-state index contributed by atoms with van der Waals surface area (Å²) in [5, 5.41) is 0. The number of carbonyl (C=O) groups is 5. The monoisotopic (exact) mass is 453 g/mol. The smallest absolute Gasteiger partial charge is 0.220 e. The Bertz CT molecular complexity index is 575. The van der Waals surface area contributed by atoms with Crippen LogP contribution >= 0.6 is 0 Å². The summed E-state index contributed by atoms with van der Waals surface area (Å²) in [5.41, 5.74) is 10.7. The van der Waals surface area contributed by atoms with Crippen molar-refractivity contribution in [2.75, 3.05) is 13.1 Å². The number of primary amides is 2. The quantitative estimate of drug-likeness (QED) is 0.273. The number of nitrogens with two attached hydrogens (primary N) is 2. The second-order valence-electron chi connectivity index (χ2n) is 8.67. The molecule has 0 bridgehead atoms. The molecule has 0 unspecified atom stereocenters. The first-order valence-electron chi connectivity index (χ1n) is 12.0. The number of rotatable bonds is 20. The van der Waals surface area contributed by atoms with Gasteiger partial charge < -0.3 is 16.4 Å². The van der Waals surface area contributed by atoms with Crippen molar-refractivity contribution in [2.45, 2.75) is 97.8 Å². The second-order valence-corrected chi connectivity index (χ2v) is 8.67. The van der Waals surface area contributed by atoms with Crippen LogP contribution in [0.5, 0.6) is 0 Å². The zero-order valence-electron chi connectivity index (χ0n) is 20.2. The largest absolute Gasteiger partial charge is 0.369 e. The second kappa shape index (κ2) is 17.3. The van der Waals surface area contributed by atoms with E-state index in [1.165, 1.54) is 11.8 Å². The van der Waals surface area contributed by atoms with Gasteiger partial charge in [-0.15, -0.1) is 0 Å². The minimum Gasteiger partial charge on any atom is -0.369 e. The first-order chi connectivity index (χ1) is 15.1. The lowest BCUT2D eigenvalue weighted by Crippen LogP contribution is -2.38. The summed E-state index contributed by atoms with van der Waals surface area (Å²) < 4.78 is 0. The number of unbranched alkanes of at least 4 members (excludes halogenated alkanes) is 4. The van der Waals surface area contributed by atoms with Crippen molar-refractivity contribution in [3.05, 3.63) is 0 Å². The Kier molecular flexibility index (Phi) is 16.1. The third-order valence-electron chi connectivity index (χ3n) is 5.99. The van der Waals surface area contributed by atoms with Gasteiger partial charge in [0.15, 0.2) is 11.6 Å². The molecule has 0 aromatic heterocycles. The van der Waals surface area contributed by atoms with Crippen LogP contribution in [0, 0.1) is 11.8 Å². The van der Waals surface area contributed by atoms with Crippen LogP contribution in [0.15, 0.2) is 0 Å². The number of amides is 3. The maximum absolute atomic E-state index is 12.2. The average molecular weight is 454 g/mol. The summed E-state index contributed by atoms with van der Waals surface area (Å²) in [6.45, 7) is 5.14. The first-order valence-corrected chi connectivity index (χ1v) is 12.0. The summed E-state index contributed by atoms with van der Waals surface area (Å²) in [4.78, 5) is 60.1. The molecule has 0 rings (SSSR count). The summed E-state index contributed by atoms with van der Waals surface area (Å²) in [6.07, 6.45) is 8.32. The van der Waals surface area contributed by atoms with Gasteiger partial charge in [0, 0.05) is 31.6 Å². The van der Waals surface area contributed by atoms with Crippen LogP contribution in [0.2, 0.25) is 0 Å². The van der Waals surface area contributed by atoms with E-state index >= 15 is 0 Å². The molecule has 0 spiro atoms. The van der Waals surface area contributed by atoms with Crippen LogP contribution in [-0.2, 0) is 24.0 Å². The minimum atomic E-state index is -0.286. The highest BCUT2D eigenvalue weighted by Gasteiger charge is 2.18. The van der Waals surface area contributed by atoms with Crippen molar-refractivity contribution in [1.29, 1.82) is 0 Å². The fourth-order valence-corrected chi connectivity index (χ4v) is 3.74. The molecule has 0 aliphatic carbocycles. The van der Waals surface area contributed by atoms with E-state index in [1.807, 2.05) is 13.8 Å². The molecule has 4 N–H and O–H groups in total. The molecule has 8 heteroatoms. The van der Waals surface area contributed by atoms with Crippen LogP contribution in [-0.4, -0.2) is 47.3 Å². The highest BCUT2D eigenvalue weighted by atomic mass is 16.2. The molecule has 0 aliphatic rings. The zero-order chi connectivity index (χ0) is 24.5. The molecule has 184 valence electrons. The van der Waals surface area contributed by atoms with Crippen molar-refractivity contribution in [2.24, 2.45) is 23.3 Å². The van der Waals surface area contributed by atoms with Gasteiger partial charge in [-0.05, 0) is 38.5 Å². The van der Waals surface area contributed by atoms with E-state index in [0.717, 1.165) is 51.4 Å². The summed E-state index contributed by atoms with van der Waals surface area (Å²) >= 11 is 0. The molecule has 0 heterocycles.